The number of para-hydroxylation sites is 1. The van der Waals surface area contributed by atoms with Crippen molar-refractivity contribution in [3.8, 4) is 0 Å². The highest BCUT2D eigenvalue weighted by atomic mass is 32.1. The molecule has 4 aromatic rings. The predicted molar refractivity (Wildman–Crippen MR) is 114 cm³/mol. The molecule has 1 fully saturated rings. The van der Waals surface area contributed by atoms with Crippen molar-refractivity contribution in [1.29, 1.82) is 0 Å². The van der Waals surface area contributed by atoms with Crippen LogP contribution in [0.5, 0.6) is 0 Å². The zero-order chi connectivity index (χ0) is 20.8. The number of aromatic nitrogens is 2. The fourth-order valence-corrected chi connectivity index (χ4v) is 4.96. The Morgan fingerprint density at radius 1 is 1.27 bits per heavy atom. The van der Waals surface area contributed by atoms with Gasteiger partial charge < -0.3 is 9.64 Å². The molecule has 0 radical (unpaired) electrons. The van der Waals surface area contributed by atoms with Gasteiger partial charge in [0, 0.05) is 20.1 Å². The van der Waals surface area contributed by atoms with Gasteiger partial charge in [-0.15, -0.1) is 11.3 Å². The van der Waals surface area contributed by atoms with Crippen molar-refractivity contribution in [1.82, 2.24) is 20.2 Å². The number of hydrazine groups is 1. The number of amides is 1. The third kappa shape index (κ3) is 2.83. The van der Waals surface area contributed by atoms with E-state index >= 15 is 4.39 Å². The van der Waals surface area contributed by atoms with Crippen LogP contribution in [0.15, 0.2) is 35.1 Å². The number of rotatable bonds is 3. The monoisotopic (exact) mass is 427 g/mol. The summed E-state index contributed by atoms with van der Waals surface area (Å²) >= 11 is 1.32. The van der Waals surface area contributed by atoms with Gasteiger partial charge in [-0.1, -0.05) is 12.1 Å². The van der Waals surface area contributed by atoms with E-state index in [-0.39, 0.29) is 16.8 Å². The van der Waals surface area contributed by atoms with Crippen LogP contribution in [0.2, 0.25) is 0 Å². The number of carbonyl (C=O) groups is 1. The Kier molecular flexibility index (Phi) is 4.61. The van der Waals surface area contributed by atoms with Crippen molar-refractivity contribution in [3.05, 3.63) is 51.9 Å². The first-order valence-corrected chi connectivity index (χ1v) is 10.3. The SMILES string of the molecule is CNNC(=O)c1c(=O)c2cc(F)c(N3CCOCC3)nc2n2c1sc1ccccc12. The molecule has 8 nitrogen and oxygen atoms in total. The first-order chi connectivity index (χ1) is 14.6. The third-order valence-electron chi connectivity index (χ3n) is 5.13. The predicted octanol–water partition coefficient (Wildman–Crippen LogP) is 1.90. The van der Waals surface area contributed by atoms with Crippen LogP contribution in [0.4, 0.5) is 10.2 Å². The fraction of sp³-hybridized carbons (Fsp3) is 0.250. The number of thiazole rings is 1. The lowest BCUT2D eigenvalue weighted by Gasteiger charge is -2.28. The lowest BCUT2D eigenvalue weighted by atomic mass is 10.1. The van der Waals surface area contributed by atoms with E-state index in [0.717, 1.165) is 10.2 Å². The number of benzene rings is 1. The smallest absolute Gasteiger partial charge is 0.272 e. The van der Waals surface area contributed by atoms with Gasteiger partial charge in [-0.2, -0.15) is 0 Å². The molecule has 0 atom stereocenters. The molecule has 0 bridgehead atoms. The fourth-order valence-electron chi connectivity index (χ4n) is 3.77. The molecular weight excluding hydrogens is 409 g/mol. The molecule has 154 valence electrons. The maximum atomic E-state index is 15.0. The molecular formula is C20H18FN5O3S. The molecule has 2 N–H and O–H groups in total. The number of morpholine rings is 1. The minimum atomic E-state index is -0.596. The Hall–Kier alpha value is -3.08. The molecule has 1 aliphatic heterocycles. The molecule has 0 spiro atoms. The number of ether oxygens (including phenoxy) is 1. The van der Waals surface area contributed by atoms with Gasteiger partial charge in [0.2, 0.25) is 5.43 Å². The van der Waals surface area contributed by atoms with Crippen molar-refractivity contribution in [2.75, 3.05) is 38.3 Å². The average Bonchev–Trinajstić information content (AvgIpc) is 3.13. The van der Waals surface area contributed by atoms with E-state index in [2.05, 4.69) is 15.8 Å². The van der Waals surface area contributed by atoms with Crippen molar-refractivity contribution in [3.63, 3.8) is 0 Å². The Balaban J connectivity index is 1.91. The molecule has 30 heavy (non-hydrogen) atoms. The van der Waals surface area contributed by atoms with Gasteiger partial charge in [0.25, 0.3) is 5.91 Å². The Morgan fingerprint density at radius 2 is 2.03 bits per heavy atom. The number of halogens is 1. The third-order valence-corrected chi connectivity index (χ3v) is 6.27. The van der Waals surface area contributed by atoms with Crippen LogP contribution in [-0.4, -0.2) is 48.6 Å². The van der Waals surface area contributed by atoms with Gasteiger partial charge in [-0.3, -0.25) is 19.4 Å². The van der Waals surface area contributed by atoms with Crippen LogP contribution >= 0.6 is 11.3 Å². The maximum absolute atomic E-state index is 15.0. The molecule has 10 heteroatoms. The number of pyridine rings is 2. The Labute approximate surface area is 173 Å². The number of fused-ring (bicyclic) bond motifs is 5. The first kappa shape index (κ1) is 18.9. The highest BCUT2D eigenvalue weighted by Gasteiger charge is 2.25. The number of nitrogens with zero attached hydrogens (tertiary/aromatic N) is 3. The number of carbonyl (C=O) groups excluding carboxylic acids is 1. The molecule has 0 aliphatic carbocycles. The molecule has 5 rings (SSSR count). The van der Waals surface area contributed by atoms with Crippen LogP contribution in [0.1, 0.15) is 10.4 Å². The number of hydrogen-bond acceptors (Lipinski definition) is 7. The summed E-state index contributed by atoms with van der Waals surface area (Å²) in [4.78, 5) is 32.8. The van der Waals surface area contributed by atoms with Gasteiger partial charge in [0.1, 0.15) is 10.4 Å². The molecule has 1 amide bonds. The highest BCUT2D eigenvalue weighted by molar-refractivity contribution is 7.24. The zero-order valence-electron chi connectivity index (χ0n) is 16.1. The second-order valence-corrected chi connectivity index (χ2v) is 7.91. The number of anilines is 1. The molecule has 0 saturated carbocycles. The van der Waals surface area contributed by atoms with E-state index in [4.69, 9.17) is 4.74 Å². The van der Waals surface area contributed by atoms with Crippen LogP contribution < -0.4 is 21.2 Å². The van der Waals surface area contributed by atoms with Gasteiger partial charge in [0.15, 0.2) is 17.3 Å². The summed E-state index contributed by atoms with van der Waals surface area (Å²) in [5, 5.41) is 0.0619. The van der Waals surface area contributed by atoms with Crippen LogP contribution in [0, 0.1) is 5.82 Å². The van der Waals surface area contributed by atoms with Gasteiger partial charge in [-0.25, -0.2) is 14.8 Å². The summed E-state index contributed by atoms with van der Waals surface area (Å²) in [5.41, 5.74) is 5.54. The average molecular weight is 427 g/mol. The quantitative estimate of drug-likeness (QED) is 0.486. The van der Waals surface area contributed by atoms with Gasteiger partial charge in [-0.05, 0) is 18.2 Å². The van der Waals surface area contributed by atoms with E-state index in [0.29, 0.717) is 36.8 Å². The second-order valence-electron chi connectivity index (χ2n) is 6.88. The number of nitrogens with one attached hydrogen (secondary N) is 2. The topological polar surface area (TPSA) is 88.0 Å². The van der Waals surface area contributed by atoms with Crippen molar-refractivity contribution in [2.45, 2.75) is 0 Å². The second kappa shape index (κ2) is 7.31. The van der Waals surface area contributed by atoms with Crippen LogP contribution in [0.25, 0.3) is 26.1 Å². The maximum Gasteiger partial charge on any atom is 0.272 e. The van der Waals surface area contributed by atoms with E-state index in [9.17, 15) is 9.59 Å². The van der Waals surface area contributed by atoms with Gasteiger partial charge >= 0.3 is 0 Å². The summed E-state index contributed by atoms with van der Waals surface area (Å²) in [7, 11) is 1.54. The molecule has 4 heterocycles. The van der Waals surface area contributed by atoms with Crippen LogP contribution in [0.3, 0.4) is 0 Å². The molecule has 1 saturated heterocycles. The van der Waals surface area contributed by atoms with Crippen LogP contribution in [-0.2, 0) is 4.74 Å². The summed E-state index contributed by atoms with van der Waals surface area (Å²) in [6, 6.07) is 8.75. The summed E-state index contributed by atoms with van der Waals surface area (Å²) < 4.78 is 23.0. The summed E-state index contributed by atoms with van der Waals surface area (Å²) in [6.07, 6.45) is 0. The zero-order valence-corrected chi connectivity index (χ0v) is 16.9. The highest BCUT2D eigenvalue weighted by Crippen LogP contribution is 2.32. The lowest BCUT2D eigenvalue weighted by Crippen LogP contribution is -2.38. The molecule has 0 unspecified atom stereocenters. The molecule has 1 aliphatic rings. The minimum Gasteiger partial charge on any atom is -0.378 e. The van der Waals surface area contributed by atoms with E-state index in [1.807, 2.05) is 29.2 Å². The van der Waals surface area contributed by atoms with Crippen molar-refractivity contribution >= 4 is 49.1 Å². The normalized spacial score (nSPS) is 14.7. The number of hydrogen-bond donors (Lipinski definition) is 2. The summed E-state index contributed by atoms with van der Waals surface area (Å²) in [5.74, 6) is -0.992. The van der Waals surface area contributed by atoms with E-state index in [1.54, 1.807) is 4.40 Å². The molecule has 1 aromatic carbocycles. The van der Waals surface area contributed by atoms with E-state index < -0.39 is 17.2 Å². The van der Waals surface area contributed by atoms with Crippen molar-refractivity contribution < 1.29 is 13.9 Å². The largest absolute Gasteiger partial charge is 0.378 e. The molecule has 3 aromatic heterocycles. The summed E-state index contributed by atoms with van der Waals surface area (Å²) in [6.45, 7) is 2.00. The standard InChI is InChI=1S/C20H18FN5O3S/c1-22-24-19(28)15-16(27)11-10-12(21)18(25-6-8-29-9-7-25)23-17(11)26-13-4-2-3-5-14(13)30-20(15)26/h2-5,10,22H,6-9H2,1H3,(H,24,28). The first-order valence-electron chi connectivity index (χ1n) is 9.46. The Bertz CT molecular complexity index is 1360. The van der Waals surface area contributed by atoms with Gasteiger partial charge in [0.05, 0.1) is 28.8 Å². The van der Waals surface area contributed by atoms with E-state index in [1.165, 1.54) is 24.5 Å². The lowest BCUT2D eigenvalue weighted by molar-refractivity contribution is 0.0938. The minimum absolute atomic E-state index is 0.0432. The Morgan fingerprint density at radius 3 is 2.80 bits per heavy atom. The van der Waals surface area contributed by atoms with Crippen molar-refractivity contribution in [2.24, 2.45) is 0 Å².